The molecule has 1 unspecified atom stereocenters. The van der Waals surface area contributed by atoms with Gasteiger partial charge in [-0.05, 0) is 25.1 Å². The molecule has 0 saturated heterocycles. The average molecular weight is 245 g/mol. The summed E-state index contributed by atoms with van der Waals surface area (Å²) in [6, 6.07) is 2.97. The van der Waals surface area contributed by atoms with E-state index < -0.39 is 17.7 Å². The Morgan fingerprint density at radius 2 is 2.18 bits per heavy atom. The van der Waals surface area contributed by atoms with Crippen molar-refractivity contribution in [1.29, 1.82) is 0 Å². The number of rotatable bonds is 7. The van der Waals surface area contributed by atoms with E-state index in [4.69, 9.17) is 4.74 Å². The van der Waals surface area contributed by atoms with Gasteiger partial charge in [0.2, 0.25) is 0 Å². The molecule has 1 aromatic rings. The summed E-state index contributed by atoms with van der Waals surface area (Å²) in [4.78, 5) is 0. The lowest BCUT2D eigenvalue weighted by Gasteiger charge is -2.13. The van der Waals surface area contributed by atoms with Crippen molar-refractivity contribution in [3.63, 3.8) is 0 Å². The van der Waals surface area contributed by atoms with E-state index in [1.54, 1.807) is 0 Å². The van der Waals surface area contributed by atoms with Crippen LogP contribution in [-0.4, -0.2) is 30.9 Å². The van der Waals surface area contributed by atoms with Gasteiger partial charge in [0, 0.05) is 12.6 Å². The van der Waals surface area contributed by atoms with Crippen molar-refractivity contribution in [3.05, 3.63) is 29.8 Å². The van der Waals surface area contributed by atoms with Crippen molar-refractivity contribution in [3.8, 4) is 5.75 Å². The summed E-state index contributed by atoms with van der Waals surface area (Å²) < 4.78 is 30.9. The fraction of sp³-hybridized carbons (Fsp3) is 0.500. The fourth-order valence-electron chi connectivity index (χ4n) is 1.28. The van der Waals surface area contributed by atoms with Crippen LogP contribution in [0.15, 0.2) is 18.2 Å². The monoisotopic (exact) mass is 245 g/mol. The number of nitrogens with one attached hydrogen (secondary N) is 1. The SMILES string of the molecule is CCCNCC(O)COc1cc(F)ccc1F. The van der Waals surface area contributed by atoms with Crippen LogP contribution in [0.25, 0.3) is 0 Å². The Bertz CT molecular complexity index is 347. The largest absolute Gasteiger partial charge is 0.488 e. The topological polar surface area (TPSA) is 41.5 Å². The Balaban J connectivity index is 2.36. The highest BCUT2D eigenvalue weighted by atomic mass is 19.1. The van der Waals surface area contributed by atoms with E-state index in [0.29, 0.717) is 6.54 Å². The van der Waals surface area contributed by atoms with Gasteiger partial charge in [0.25, 0.3) is 0 Å². The second-order valence-corrected chi connectivity index (χ2v) is 3.74. The summed E-state index contributed by atoms with van der Waals surface area (Å²) in [5.41, 5.74) is 0. The van der Waals surface area contributed by atoms with Crippen molar-refractivity contribution in [2.75, 3.05) is 19.7 Å². The molecule has 0 aromatic heterocycles. The number of aliphatic hydroxyl groups excluding tert-OH is 1. The van der Waals surface area contributed by atoms with E-state index >= 15 is 0 Å². The molecule has 0 aliphatic rings. The maximum absolute atomic E-state index is 13.1. The van der Waals surface area contributed by atoms with Gasteiger partial charge in [0.1, 0.15) is 18.5 Å². The molecule has 0 bridgehead atoms. The molecule has 1 atom stereocenters. The zero-order valence-electron chi connectivity index (χ0n) is 9.75. The minimum atomic E-state index is -0.746. The van der Waals surface area contributed by atoms with Crippen LogP contribution >= 0.6 is 0 Å². The average Bonchev–Trinajstić information content (AvgIpc) is 2.31. The zero-order chi connectivity index (χ0) is 12.7. The molecule has 96 valence electrons. The quantitative estimate of drug-likeness (QED) is 0.718. The van der Waals surface area contributed by atoms with Crippen molar-refractivity contribution >= 4 is 0 Å². The van der Waals surface area contributed by atoms with Crippen LogP contribution in [0, 0.1) is 11.6 Å². The summed E-state index contributed by atoms with van der Waals surface area (Å²) in [6.45, 7) is 3.10. The van der Waals surface area contributed by atoms with Gasteiger partial charge >= 0.3 is 0 Å². The normalized spacial score (nSPS) is 12.5. The number of ether oxygens (including phenoxy) is 1. The lowest BCUT2D eigenvalue weighted by molar-refractivity contribution is 0.104. The number of hydrogen-bond acceptors (Lipinski definition) is 3. The van der Waals surface area contributed by atoms with Gasteiger partial charge in [0.15, 0.2) is 11.6 Å². The van der Waals surface area contributed by atoms with Gasteiger partial charge in [-0.3, -0.25) is 0 Å². The Labute approximate surface area is 99.4 Å². The predicted molar refractivity (Wildman–Crippen MR) is 61.0 cm³/mol. The third kappa shape index (κ3) is 5.10. The maximum Gasteiger partial charge on any atom is 0.165 e. The highest BCUT2D eigenvalue weighted by Crippen LogP contribution is 2.17. The summed E-state index contributed by atoms with van der Waals surface area (Å²) in [5.74, 6) is -1.39. The first-order chi connectivity index (χ1) is 8.13. The van der Waals surface area contributed by atoms with Crippen molar-refractivity contribution in [1.82, 2.24) is 5.32 Å². The second-order valence-electron chi connectivity index (χ2n) is 3.74. The first kappa shape index (κ1) is 13.9. The third-order valence-electron chi connectivity index (χ3n) is 2.13. The molecule has 1 aromatic carbocycles. The van der Waals surface area contributed by atoms with Gasteiger partial charge in [0.05, 0.1) is 0 Å². The maximum atomic E-state index is 13.1. The second kappa shape index (κ2) is 7.19. The van der Waals surface area contributed by atoms with E-state index in [1.165, 1.54) is 0 Å². The van der Waals surface area contributed by atoms with Crippen molar-refractivity contribution in [2.24, 2.45) is 0 Å². The molecule has 0 aliphatic heterocycles. The van der Waals surface area contributed by atoms with Crippen molar-refractivity contribution in [2.45, 2.75) is 19.4 Å². The number of hydrogen-bond donors (Lipinski definition) is 2. The molecule has 0 spiro atoms. The Hall–Kier alpha value is -1.20. The van der Waals surface area contributed by atoms with Gasteiger partial charge < -0.3 is 15.2 Å². The number of aliphatic hydroxyl groups is 1. The Morgan fingerprint density at radius 3 is 2.88 bits per heavy atom. The molecule has 1 rings (SSSR count). The fourth-order valence-corrected chi connectivity index (χ4v) is 1.28. The molecule has 0 aliphatic carbocycles. The standard InChI is InChI=1S/C12H17F2NO2/c1-2-5-15-7-10(16)8-17-12-6-9(13)3-4-11(12)14/h3-4,6,10,15-16H,2,5,7-8H2,1H3. The van der Waals surface area contributed by atoms with E-state index in [0.717, 1.165) is 31.2 Å². The van der Waals surface area contributed by atoms with E-state index in [2.05, 4.69) is 5.32 Å². The van der Waals surface area contributed by atoms with Crippen LogP contribution in [0.2, 0.25) is 0 Å². The molecule has 0 amide bonds. The minimum absolute atomic E-state index is 0.0723. The molecule has 3 nitrogen and oxygen atoms in total. The molecule has 0 heterocycles. The third-order valence-corrected chi connectivity index (χ3v) is 2.13. The zero-order valence-corrected chi connectivity index (χ0v) is 9.75. The van der Waals surface area contributed by atoms with E-state index in [-0.39, 0.29) is 12.4 Å². The summed E-state index contributed by atoms with van der Waals surface area (Å²) in [5, 5.41) is 12.5. The van der Waals surface area contributed by atoms with Crippen LogP contribution in [0.5, 0.6) is 5.75 Å². The number of benzene rings is 1. The van der Waals surface area contributed by atoms with Crippen LogP contribution in [0.4, 0.5) is 8.78 Å². The summed E-state index contributed by atoms with van der Waals surface area (Å²) in [6.07, 6.45) is 0.218. The molecule has 0 fully saturated rings. The number of halogens is 2. The van der Waals surface area contributed by atoms with Gasteiger partial charge in [-0.2, -0.15) is 0 Å². The van der Waals surface area contributed by atoms with Crippen LogP contribution in [-0.2, 0) is 0 Å². The molecular formula is C12H17F2NO2. The van der Waals surface area contributed by atoms with Crippen LogP contribution < -0.4 is 10.1 Å². The van der Waals surface area contributed by atoms with Gasteiger partial charge in [-0.1, -0.05) is 6.92 Å². The first-order valence-corrected chi connectivity index (χ1v) is 5.60. The van der Waals surface area contributed by atoms with Crippen LogP contribution in [0.1, 0.15) is 13.3 Å². The molecule has 2 N–H and O–H groups in total. The molecule has 0 saturated carbocycles. The van der Waals surface area contributed by atoms with E-state index in [9.17, 15) is 13.9 Å². The Kier molecular flexibility index (Phi) is 5.86. The highest BCUT2D eigenvalue weighted by Gasteiger charge is 2.08. The molecule has 5 heteroatoms. The lowest BCUT2D eigenvalue weighted by Crippen LogP contribution is -2.31. The van der Waals surface area contributed by atoms with E-state index in [1.807, 2.05) is 6.92 Å². The van der Waals surface area contributed by atoms with Crippen LogP contribution in [0.3, 0.4) is 0 Å². The van der Waals surface area contributed by atoms with Gasteiger partial charge in [-0.25, -0.2) is 8.78 Å². The molecule has 0 radical (unpaired) electrons. The predicted octanol–water partition coefficient (Wildman–Crippen LogP) is 1.70. The summed E-state index contributed by atoms with van der Waals surface area (Å²) >= 11 is 0. The first-order valence-electron chi connectivity index (χ1n) is 5.60. The lowest BCUT2D eigenvalue weighted by atomic mass is 10.3. The smallest absolute Gasteiger partial charge is 0.165 e. The highest BCUT2D eigenvalue weighted by molar-refractivity contribution is 5.24. The molecular weight excluding hydrogens is 228 g/mol. The Morgan fingerprint density at radius 1 is 1.41 bits per heavy atom. The van der Waals surface area contributed by atoms with Crippen molar-refractivity contribution < 1.29 is 18.6 Å². The van der Waals surface area contributed by atoms with Gasteiger partial charge in [-0.15, -0.1) is 0 Å². The molecule has 17 heavy (non-hydrogen) atoms. The minimum Gasteiger partial charge on any atom is -0.488 e. The summed E-state index contributed by atoms with van der Waals surface area (Å²) in [7, 11) is 0.